The fraction of sp³-hybridized carbons (Fsp3) is 0.500. The summed E-state index contributed by atoms with van der Waals surface area (Å²) in [6, 6.07) is 6.78. The quantitative estimate of drug-likeness (QED) is 0.612. The lowest BCUT2D eigenvalue weighted by molar-refractivity contribution is 0.342. The van der Waals surface area contributed by atoms with Crippen molar-refractivity contribution < 1.29 is 4.55 Å². The minimum atomic E-state index is -0.733. The van der Waals surface area contributed by atoms with Gasteiger partial charge in [0.05, 0.1) is 6.26 Å². The molecule has 1 fully saturated rings. The van der Waals surface area contributed by atoms with Crippen molar-refractivity contribution in [3.63, 3.8) is 0 Å². The molecule has 3 nitrogen and oxygen atoms in total. The van der Waals surface area contributed by atoms with Crippen LogP contribution in [0, 0.1) is 5.92 Å². The third-order valence-corrected chi connectivity index (χ3v) is 5.97. The second kappa shape index (κ2) is 6.50. The molecule has 124 valence electrons. The fourth-order valence-corrected chi connectivity index (χ4v) is 4.62. The predicted molar refractivity (Wildman–Crippen MR) is 100 cm³/mol. The molecule has 1 aliphatic heterocycles. The monoisotopic (exact) mass is 350 g/mol. The van der Waals surface area contributed by atoms with E-state index in [0.29, 0.717) is 23.0 Å². The van der Waals surface area contributed by atoms with Gasteiger partial charge < -0.3 is 9.45 Å². The SMILES string of the molecule is CC(C)c1ccc(N2C[C@H](C[S@+](C)[O-])[C@H]2C)c2cnc(Cl)cc12. The van der Waals surface area contributed by atoms with E-state index >= 15 is 0 Å². The number of aromatic nitrogens is 1. The van der Waals surface area contributed by atoms with E-state index in [1.165, 1.54) is 16.6 Å². The molecule has 2 aromatic rings. The Labute approximate surface area is 146 Å². The lowest BCUT2D eigenvalue weighted by Crippen LogP contribution is -2.57. The Bertz CT molecular complexity index is 719. The summed E-state index contributed by atoms with van der Waals surface area (Å²) in [5.41, 5.74) is 2.51. The molecule has 0 aliphatic carbocycles. The molecule has 0 saturated carbocycles. The minimum absolute atomic E-state index is 0.405. The topological polar surface area (TPSA) is 39.2 Å². The first-order valence-electron chi connectivity index (χ1n) is 8.03. The highest BCUT2D eigenvalue weighted by Gasteiger charge is 2.38. The molecule has 3 rings (SSSR count). The molecule has 3 atom stereocenters. The van der Waals surface area contributed by atoms with Gasteiger partial charge in [-0.3, -0.25) is 0 Å². The molecular formula is C18H23ClN2OS. The van der Waals surface area contributed by atoms with Crippen LogP contribution in [0.15, 0.2) is 24.4 Å². The Morgan fingerprint density at radius 2 is 2.13 bits per heavy atom. The summed E-state index contributed by atoms with van der Waals surface area (Å²) in [5.74, 6) is 1.72. The second-order valence-electron chi connectivity index (χ2n) is 6.77. The zero-order chi connectivity index (χ0) is 16.7. The molecule has 1 aromatic carbocycles. The molecule has 0 spiro atoms. The van der Waals surface area contributed by atoms with Gasteiger partial charge in [-0.1, -0.05) is 42.7 Å². The van der Waals surface area contributed by atoms with Crippen molar-refractivity contribution in [1.82, 2.24) is 4.98 Å². The summed E-state index contributed by atoms with van der Waals surface area (Å²) < 4.78 is 11.5. The van der Waals surface area contributed by atoms with Crippen LogP contribution in [-0.2, 0) is 11.2 Å². The van der Waals surface area contributed by atoms with Gasteiger partial charge in [-0.2, -0.15) is 0 Å². The lowest BCUT2D eigenvalue weighted by atomic mass is 9.89. The third-order valence-electron chi connectivity index (χ3n) is 4.86. The maximum Gasteiger partial charge on any atom is 0.129 e. The summed E-state index contributed by atoms with van der Waals surface area (Å²) in [7, 11) is 0. The van der Waals surface area contributed by atoms with Crippen LogP contribution in [0.2, 0.25) is 5.15 Å². The number of hydrogen-bond donors (Lipinski definition) is 0. The van der Waals surface area contributed by atoms with Crippen LogP contribution in [0.4, 0.5) is 5.69 Å². The Balaban J connectivity index is 1.99. The molecule has 0 unspecified atom stereocenters. The Kier molecular flexibility index (Phi) is 4.77. The van der Waals surface area contributed by atoms with Crippen molar-refractivity contribution >= 4 is 39.2 Å². The van der Waals surface area contributed by atoms with E-state index in [1.54, 1.807) is 6.26 Å². The van der Waals surface area contributed by atoms with Gasteiger partial charge in [0.15, 0.2) is 0 Å². The number of pyridine rings is 1. The van der Waals surface area contributed by atoms with Crippen molar-refractivity contribution in [3.8, 4) is 0 Å². The van der Waals surface area contributed by atoms with Gasteiger partial charge in [0.2, 0.25) is 0 Å². The number of benzene rings is 1. The van der Waals surface area contributed by atoms with E-state index < -0.39 is 11.2 Å². The summed E-state index contributed by atoms with van der Waals surface area (Å²) >= 11 is 5.39. The van der Waals surface area contributed by atoms with Gasteiger partial charge in [-0.15, -0.1) is 0 Å². The number of anilines is 1. The van der Waals surface area contributed by atoms with E-state index in [9.17, 15) is 4.55 Å². The number of rotatable bonds is 4. The molecule has 0 bridgehead atoms. The molecule has 5 heteroatoms. The van der Waals surface area contributed by atoms with E-state index in [4.69, 9.17) is 11.6 Å². The van der Waals surface area contributed by atoms with Crippen LogP contribution < -0.4 is 4.90 Å². The predicted octanol–water partition coefficient (Wildman–Crippen LogP) is 4.21. The van der Waals surface area contributed by atoms with E-state index in [2.05, 4.69) is 42.8 Å². The number of halogens is 1. The Morgan fingerprint density at radius 1 is 1.39 bits per heavy atom. The van der Waals surface area contributed by atoms with Crippen LogP contribution >= 0.6 is 11.6 Å². The summed E-state index contributed by atoms with van der Waals surface area (Å²) in [4.78, 5) is 6.68. The summed E-state index contributed by atoms with van der Waals surface area (Å²) in [5, 5.41) is 2.88. The zero-order valence-electron chi connectivity index (χ0n) is 14.0. The second-order valence-corrected chi connectivity index (χ2v) is 8.64. The first-order chi connectivity index (χ1) is 10.9. The average molecular weight is 351 g/mol. The van der Waals surface area contributed by atoms with Crippen molar-refractivity contribution in [2.45, 2.75) is 32.7 Å². The van der Waals surface area contributed by atoms with Crippen LogP contribution in [0.25, 0.3) is 10.8 Å². The maximum atomic E-state index is 11.5. The minimum Gasteiger partial charge on any atom is -0.617 e. The van der Waals surface area contributed by atoms with Gasteiger partial charge in [-0.05, 0) is 35.9 Å². The van der Waals surface area contributed by atoms with Crippen molar-refractivity contribution in [2.24, 2.45) is 5.92 Å². The molecule has 0 radical (unpaired) electrons. The number of hydrogen-bond acceptors (Lipinski definition) is 3. The summed E-state index contributed by atoms with van der Waals surface area (Å²) in [6.45, 7) is 7.56. The smallest absolute Gasteiger partial charge is 0.129 e. The molecule has 0 amide bonds. The third kappa shape index (κ3) is 3.17. The first-order valence-corrected chi connectivity index (χ1v) is 10.1. The van der Waals surface area contributed by atoms with E-state index in [0.717, 1.165) is 17.7 Å². The van der Waals surface area contributed by atoms with Crippen molar-refractivity contribution in [2.75, 3.05) is 23.5 Å². The van der Waals surface area contributed by atoms with Crippen LogP contribution in [0.5, 0.6) is 0 Å². The van der Waals surface area contributed by atoms with Gasteiger partial charge in [0.25, 0.3) is 0 Å². The van der Waals surface area contributed by atoms with Crippen LogP contribution in [0.3, 0.4) is 0 Å². The molecule has 1 saturated heterocycles. The normalized spacial score (nSPS) is 22.5. The molecule has 23 heavy (non-hydrogen) atoms. The zero-order valence-corrected chi connectivity index (χ0v) is 15.6. The standard InChI is InChI=1S/C18H23ClN2OS/c1-11(2)14-5-6-17(16-8-20-18(19)7-15(14)16)21-9-13(12(21)3)10-23(4)22/h5-8,11-13H,9-10H2,1-4H3/t12-,13-,23+/m1/s1. The highest BCUT2D eigenvalue weighted by Crippen LogP contribution is 2.39. The van der Waals surface area contributed by atoms with Gasteiger partial charge in [0.1, 0.15) is 10.9 Å². The van der Waals surface area contributed by atoms with E-state index in [-0.39, 0.29) is 0 Å². The number of nitrogens with zero attached hydrogens (tertiary/aromatic N) is 2. The van der Waals surface area contributed by atoms with Gasteiger partial charge in [0, 0.05) is 35.8 Å². The van der Waals surface area contributed by atoms with Crippen LogP contribution in [-0.4, -0.2) is 34.1 Å². The highest BCUT2D eigenvalue weighted by molar-refractivity contribution is 7.90. The molecule has 0 N–H and O–H groups in total. The summed E-state index contributed by atoms with van der Waals surface area (Å²) in [6.07, 6.45) is 3.67. The average Bonchev–Trinajstić information content (AvgIpc) is 2.49. The Hall–Kier alpha value is -0.970. The first kappa shape index (κ1) is 16.9. The fourth-order valence-electron chi connectivity index (χ4n) is 3.47. The molecule has 1 aliphatic rings. The Morgan fingerprint density at radius 3 is 2.74 bits per heavy atom. The number of fused-ring (bicyclic) bond motifs is 1. The van der Waals surface area contributed by atoms with E-state index in [1.807, 2.05) is 12.3 Å². The molecule has 1 aromatic heterocycles. The van der Waals surface area contributed by atoms with Gasteiger partial charge in [-0.25, -0.2) is 4.98 Å². The molecular weight excluding hydrogens is 328 g/mol. The van der Waals surface area contributed by atoms with Gasteiger partial charge >= 0.3 is 0 Å². The highest BCUT2D eigenvalue weighted by atomic mass is 35.5. The maximum absolute atomic E-state index is 11.5. The molecule has 2 heterocycles. The van der Waals surface area contributed by atoms with Crippen molar-refractivity contribution in [3.05, 3.63) is 35.1 Å². The van der Waals surface area contributed by atoms with Crippen molar-refractivity contribution in [1.29, 1.82) is 0 Å². The van der Waals surface area contributed by atoms with Crippen LogP contribution in [0.1, 0.15) is 32.3 Å². The lowest BCUT2D eigenvalue weighted by Gasteiger charge is -2.48. The largest absolute Gasteiger partial charge is 0.617 e.